The van der Waals surface area contributed by atoms with E-state index in [1.165, 1.54) is 23.4 Å². The molecule has 0 aromatic heterocycles. The van der Waals surface area contributed by atoms with Crippen molar-refractivity contribution in [3.8, 4) is 0 Å². The highest BCUT2D eigenvalue weighted by Crippen LogP contribution is 2.24. The van der Waals surface area contributed by atoms with E-state index in [2.05, 4.69) is 64.6 Å². The van der Waals surface area contributed by atoms with E-state index in [-0.39, 0.29) is 41.8 Å². The van der Waals surface area contributed by atoms with Crippen LogP contribution in [0.2, 0.25) is 0 Å². The van der Waals surface area contributed by atoms with Crippen molar-refractivity contribution in [1.29, 1.82) is 0 Å². The van der Waals surface area contributed by atoms with Gasteiger partial charge in [-0.1, -0.05) is 49.4 Å². The lowest BCUT2D eigenvalue weighted by Gasteiger charge is -2.22. The van der Waals surface area contributed by atoms with Gasteiger partial charge in [0.25, 0.3) is 0 Å². The average molecular weight is 467 g/mol. The van der Waals surface area contributed by atoms with Gasteiger partial charge in [-0.2, -0.15) is 0 Å². The van der Waals surface area contributed by atoms with Gasteiger partial charge in [-0.05, 0) is 22.3 Å². The zero-order chi connectivity index (χ0) is 17.8. The summed E-state index contributed by atoms with van der Waals surface area (Å²) in [6.07, 6.45) is 0. The topological polar surface area (TPSA) is 53.9 Å². The third-order valence-corrected chi connectivity index (χ3v) is 4.94. The van der Waals surface area contributed by atoms with E-state index in [1.54, 1.807) is 7.05 Å². The van der Waals surface area contributed by atoms with Crippen LogP contribution in [0.3, 0.4) is 0 Å². The van der Waals surface area contributed by atoms with Crippen LogP contribution < -0.4 is 5.32 Å². The Hall–Kier alpha value is -1.83. The number of guanidine groups is 1. The molecule has 2 atom stereocenters. The fourth-order valence-electron chi connectivity index (χ4n) is 3.55. The van der Waals surface area contributed by atoms with Crippen molar-refractivity contribution in [2.75, 3.05) is 27.2 Å². The number of benzene rings is 2. The van der Waals surface area contributed by atoms with Gasteiger partial charge in [-0.3, -0.25) is 9.79 Å². The molecule has 1 N–H and O–H groups in total. The number of halogens is 1. The third kappa shape index (κ3) is 4.28. The van der Waals surface area contributed by atoms with Crippen molar-refractivity contribution < 1.29 is 9.53 Å². The molecule has 2 aromatic rings. The van der Waals surface area contributed by atoms with E-state index in [1.807, 2.05) is 0 Å². The predicted molar refractivity (Wildman–Crippen MR) is 116 cm³/mol. The number of carbonyl (C=O) groups is 1. The van der Waals surface area contributed by atoms with Crippen molar-refractivity contribution in [3.63, 3.8) is 0 Å². The molecule has 1 fully saturated rings. The number of nitrogens with one attached hydrogen (secondary N) is 1. The van der Waals surface area contributed by atoms with Gasteiger partial charge in [0.15, 0.2) is 5.96 Å². The van der Waals surface area contributed by atoms with Crippen LogP contribution in [0.1, 0.15) is 12.5 Å². The number of ether oxygens (including phenoxy) is 1. The van der Waals surface area contributed by atoms with Gasteiger partial charge in [0.1, 0.15) is 0 Å². The molecule has 6 heteroatoms. The van der Waals surface area contributed by atoms with Gasteiger partial charge in [0, 0.05) is 26.7 Å². The normalized spacial score (nSPS) is 20.0. The molecule has 0 radical (unpaired) electrons. The molecule has 1 aliphatic heterocycles. The van der Waals surface area contributed by atoms with Crippen LogP contribution in [0.4, 0.5) is 0 Å². The number of methoxy groups -OCH3 is 1. The van der Waals surface area contributed by atoms with Gasteiger partial charge in [-0.25, -0.2) is 0 Å². The number of hydrogen-bond donors (Lipinski definition) is 1. The molecule has 2 unspecified atom stereocenters. The SMILES string of the molecule is CN=C(NCc1cccc2ccccc12)N1CC(C)C(C(=O)OC)C1.I. The van der Waals surface area contributed by atoms with E-state index in [9.17, 15) is 4.79 Å². The van der Waals surface area contributed by atoms with Crippen molar-refractivity contribution in [2.45, 2.75) is 13.5 Å². The first-order valence-corrected chi connectivity index (χ1v) is 8.64. The zero-order valence-electron chi connectivity index (χ0n) is 15.4. The maximum Gasteiger partial charge on any atom is 0.310 e. The fraction of sp³-hybridized carbons (Fsp3) is 0.400. The molecular weight excluding hydrogens is 441 g/mol. The maximum absolute atomic E-state index is 11.9. The maximum atomic E-state index is 11.9. The summed E-state index contributed by atoms with van der Waals surface area (Å²) in [5, 5.41) is 5.92. The summed E-state index contributed by atoms with van der Waals surface area (Å²) >= 11 is 0. The first-order valence-electron chi connectivity index (χ1n) is 8.64. The van der Waals surface area contributed by atoms with E-state index in [0.29, 0.717) is 13.1 Å². The molecule has 3 rings (SSSR count). The van der Waals surface area contributed by atoms with Crippen LogP contribution in [0.25, 0.3) is 10.8 Å². The van der Waals surface area contributed by atoms with E-state index >= 15 is 0 Å². The number of carbonyl (C=O) groups excluding carboxylic acids is 1. The molecule has 1 saturated heterocycles. The Labute approximate surface area is 171 Å². The monoisotopic (exact) mass is 467 g/mol. The van der Waals surface area contributed by atoms with Gasteiger partial charge in [-0.15, -0.1) is 24.0 Å². The summed E-state index contributed by atoms with van der Waals surface area (Å²) in [7, 11) is 3.23. The highest BCUT2D eigenvalue weighted by atomic mass is 127. The van der Waals surface area contributed by atoms with Crippen molar-refractivity contribution >= 4 is 46.7 Å². The van der Waals surface area contributed by atoms with Crippen LogP contribution in [-0.4, -0.2) is 44.1 Å². The van der Waals surface area contributed by atoms with Crippen molar-refractivity contribution in [2.24, 2.45) is 16.8 Å². The van der Waals surface area contributed by atoms with Gasteiger partial charge < -0.3 is 15.0 Å². The van der Waals surface area contributed by atoms with Crippen molar-refractivity contribution in [3.05, 3.63) is 48.0 Å². The molecule has 0 bridgehead atoms. The summed E-state index contributed by atoms with van der Waals surface area (Å²) < 4.78 is 4.92. The lowest BCUT2D eigenvalue weighted by atomic mass is 9.99. The lowest BCUT2D eigenvalue weighted by molar-refractivity contribution is -0.145. The Balaban J connectivity index is 0.00000243. The number of fused-ring (bicyclic) bond motifs is 1. The van der Waals surface area contributed by atoms with Gasteiger partial charge in [0.2, 0.25) is 0 Å². The largest absolute Gasteiger partial charge is 0.469 e. The molecule has 2 aromatic carbocycles. The Morgan fingerprint density at radius 2 is 1.96 bits per heavy atom. The Morgan fingerprint density at radius 1 is 1.23 bits per heavy atom. The Kier molecular flexibility index (Phi) is 7.25. The van der Waals surface area contributed by atoms with Gasteiger partial charge >= 0.3 is 5.97 Å². The molecule has 26 heavy (non-hydrogen) atoms. The number of likely N-dealkylation sites (tertiary alicyclic amines) is 1. The quantitative estimate of drug-likeness (QED) is 0.326. The standard InChI is InChI=1S/C20H25N3O2.HI/c1-14-12-23(13-18(14)19(24)25-3)20(21-2)22-11-16-9-6-8-15-7-4-5-10-17(15)16;/h4-10,14,18H,11-13H2,1-3H3,(H,21,22);1H. The third-order valence-electron chi connectivity index (χ3n) is 4.94. The average Bonchev–Trinajstić information content (AvgIpc) is 3.03. The molecular formula is C20H26IN3O2. The number of hydrogen-bond acceptors (Lipinski definition) is 3. The fourth-order valence-corrected chi connectivity index (χ4v) is 3.55. The Morgan fingerprint density at radius 3 is 2.69 bits per heavy atom. The van der Waals surface area contributed by atoms with Crippen molar-refractivity contribution in [1.82, 2.24) is 10.2 Å². The van der Waals surface area contributed by atoms with Gasteiger partial charge in [0.05, 0.1) is 13.0 Å². The summed E-state index contributed by atoms with van der Waals surface area (Å²) in [6, 6.07) is 14.7. The van der Waals surface area contributed by atoms with Crippen LogP contribution in [0.5, 0.6) is 0 Å². The number of esters is 1. The zero-order valence-corrected chi connectivity index (χ0v) is 17.8. The number of rotatable bonds is 3. The summed E-state index contributed by atoms with van der Waals surface area (Å²) in [5.41, 5.74) is 1.23. The molecule has 0 amide bonds. The minimum absolute atomic E-state index is 0. The molecule has 0 spiro atoms. The highest BCUT2D eigenvalue weighted by molar-refractivity contribution is 14.0. The molecule has 0 saturated carbocycles. The summed E-state index contributed by atoms with van der Waals surface area (Å²) in [4.78, 5) is 18.4. The van der Waals surface area contributed by atoms with E-state index < -0.39 is 0 Å². The Bertz CT molecular complexity index is 788. The predicted octanol–water partition coefficient (Wildman–Crippen LogP) is 3.27. The van der Waals surface area contributed by atoms with Crippen LogP contribution in [-0.2, 0) is 16.1 Å². The van der Waals surface area contributed by atoms with E-state index in [0.717, 1.165) is 12.5 Å². The molecule has 0 aliphatic carbocycles. The first kappa shape index (κ1) is 20.5. The molecule has 1 aliphatic rings. The second-order valence-electron chi connectivity index (χ2n) is 6.55. The molecule has 5 nitrogen and oxygen atoms in total. The molecule has 140 valence electrons. The minimum atomic E-state index is -0.139. The minimum Gasteiger partial charge on any atom is -0.469 e. The lowest BCUT2D eigenvalue weighted by Crippen LogP contribution is -2.40. The highest BCUT2D eigenvalue weighted by Gasteiger charge is 2.36. The van der Waals surface area contributed by atoms with E-state index in [4.69, 9.17) is 4.74 Å². The number of nitrogens with zero attached hydrogens (tertiary/aromatic N) is 2. The summed E-state index contributed by atoms with van der Waals surface area (Å²) in [5.74, 6) is 0.843. The first-order chi connectivity index (χ1) is 12.1. The molecule has 1 heterocycles. The van der Waals surface area contributed by atoms with Crippen LogP contribution in [0, 0.1) is 11.8 Å². The number of aliphatic imine (C=N–C) groups is 1. The second kappa shape index (κ2) is 9.21. The van der Waals surface area contributed by atoms with Crippen LogP contribution in [0.15, 0.2) is 47.5 Å². The smallest absolute Gasteiger partial charge is 0.310 e. The van der Waals surface area contributed by atoms with Crippen LogP contribution >= 0.6 is 24.0 Å². The second-order valence-corrected chi connectivity index (χ2v) is 6.55. The summed E-state index contributed by atoms with van der Waals surface area (Å²) in [6.45, 7) is 4.22.